The molecule has 1 aliphatic heterocycles. The van der Waals surface area contributed by atoms with E-state index in [-0.39, 0.29) is 11.3 Å². The summed E-state index contributed by atoms with van der Waals surface area (Å²) in [6.07, 6.45) is 2.92. The number of para-hydroxylation sites is 1. The van der Waals surface area contributed by atoms with Crippen LogP contribution in [0.5, 0.6) is 0 Å². The summed E-state index contributed by atoms with van der Waals surface area (Å²) in [5.41, 5.74) is 3.06. The fourth-order valence-corrected chi connectivity index (χ4v) is 2.99. The van der Waals surface area contributed by atoms with Crippen molar-refractivity contribution < 1.29 is 4.79 Å². The highest BCUT2D eigenvalue weighted by Crippen LogP contribution is 2.40. The third-order valence-corrected chi connectivity index (χ3v) is 4.26. The summed E-state index contributed by atoms with van der Waals surface area (Å²) < 4.78 is 0. The number of nitrogens with one attached hydrogen (secondary N) is 1. The second-order valence-corrected chi connectivity index (χ2v) is 5.67. The van der Waals surface area contributed by atoms with Gasteiger partial charge in [0.05, 0.1) is 5.41 Å². The molecule has 2 aromatic rings. The van der Waals surface area contributed by atoms with Gasteiger partial charge in [-0.1, -0.05) is 48.5 Å². The quantitative estimate of drug-likeness (QED) is 0.892. The van der Waals surface area contributed by atoms with E-state index in [0.29, 0.717) is 0 Å². The SMILES string of the molecule is CC1(CCCc2ccccc2)C(=O)Nc2ccccc21. The van der Waals surface area contributed by atoms with Crippen molar-refractivity contribution in [3.63, 3.8) is 0 Å². The molecule has 0 saturated carbocycles. The predicted octanol–water partition coefficient (Wildman–Crippen LogP) is 3.92. The summed E-state index contributed by atoms with van der Waals surface area (Å²) in [6, 6.07) is 18.5. The van der Waals surface area contributed by atoms with Crippen LogP contribution in [-0.4, -0.2) is 5.91 Å². The van der Waals surface area contributed by atoms with Gasteiger partial charge in [-0.25, -0.2) is 0 Å². The highest BCUT2D eigenvalue weighted by atomic mass is 16.2. The molecule has 0 spiro atoms. The lowest BCUT2D eigenvalue weighted by Gasteiger charge is -2.22. The Kier molecular flexibility index (Phi) is 3.31. The van der Waals surface area contributed by atoms with Crippen LogP contribution in [0.4, 0.5) is 5.69 Å². The van der Waals surface area contributed by atoms with Crippen LogP contribution < -0.4 is 5.32 Å². The van der Waals surface area contributed by atoms with Crippen molar-refractivity contribution in [3.05, 3.63) is 65.7 Å². The number of amides is 1. The Morgan fingerprint density at radius 1 is 1.00 bits per heavy atom. The number of hydrogen-bond donors (Lipinski definition) is 1. The molecular formula is C18H19NO. The van der Waals surface area contributed by atoms with Crippen LogP contribution >= 0.6 is 0 Å². The van der Waals surface area contributed by atoms with E-state index in [4.69, 9.17) is 0 Å². The summed E-state index contributed by atoms with van der Waals surface area (Å²) in [5, 5.41) is 3.00. The molecule has 1 atom stereocenters. The lowest BCUT2D eigenvalue weighted by Crippen LogP contribution is -2.31. The predicted molar refractivity (Wildman–Crippen MR) is 81.8 cm³/mol. The molecule has 0 saturated heterocycles. The number of hydrogen-bond acceptors (Lipinski definition) is 1. The molecule has 1 N–H and O–H groups in total. The molecule has 1 heterocycles. The largest absolute Gasteiger partial charge is 0.325 e. The van der Waals surface area contributed by atoms with Crippen molar-refractivity contribution in [1.82, 2.24) is 0 Å². The molecule has 3 rings (SSSR count). The van der Waals surface area contributed by atoms with Gasteiger partial charge in [-0.2, -0.15) is 0 Å². The van der Waals surface area contributed by atoms with Crippen molar-refractivity contribution >= 4 is 11.6 Å². The molecule has 0 aliphatic carbocycles. The zero-order valence-electron chi connectivity index (χ0n) is 11.7. The Morgan fingerprint density at radius 2 is 1.70 bits per heavy atom. The van der Waals surface area contributed by atoms with E-state index < -0.39 is 0 Å². The first-order valence-electron chi connectivity index (χ1n) is 7.15. The van der Waals surface area contributed by atoms with Crippen LogP contribution in [-0.2, 0) is 16.6 Å². The second-order valence-electron chi connectivity index (χ2n) is 5.67. The minimum absolute atomic E-state index is 0.131. The number of fused-ring (bicyclic) bond motifs is 1. The molecular weight excluding hydrogens is 246 g/mol. The summed E-state index contributed by atoms with van der Waals surface area (Å²) >= 11 is 0. The molecule has 102 valence electrons. The van der Waals surface area contributed by atoms with E-state index in [1.165, 1.54) is 5.56 Å². The summed E-state index contributed by atoms with van der Waals surface area (Å²) in [4.78, 5) is 12.3. The van der Waals surface area contributed by atoms with Crippen LogP contribution in [0.2, 0.25) is 0 Å². The molecule has 20 heavy (non-hydrogen) atoms. The van der Waals surface area contributed by atoms with Crippen molar-refractivity contribution in [2.24, 2.45) is 0 Å². The third-order valence-electron chi connectivity index (χ3n) is 4.26. The van der Waals surface area contributed by atoms with Gasteiger partial charge in [-0.05, 0) is 43.4 Å². The molecule has 0 bridgehead atoms. The summed E-state index contributed by atoms with van der Waals surface area (Å²) in [7, 11) is 0. The van der Waals surface area contributed by atoms with Crippen molar-refractivity contribution in [2.45, 2.75) is 31.6 Å². The monoisotopic (exact) mass is 265 g/mol. The zero-order chi connectivity index (χ0) is 14.0. The number of anilines is 1. The first-order chi connectivity index (χ1) is 9.70. The number of aryl methyl sites for hydroxylation is 1. The van der Waals surface area contributed by atoms with E-state index in [9.17, 15) is 4.79 Å². The molecule has 2 nitrogen and oxygen atoms in total. The highest BCUT2D eigenvalue weighted by Gasteiger charge is 2.41. The Bertz CT molecular complexity index is 620. The second kappa shape index (κ2) is 5.12. The maximum atomic E-state index is 12.3. The molecule has 1 amide bonds. The third kappa shape index (κ3) is 2.22. The first kappa shape index (κ1) is 12.9. The smallest absolute Gasteiger partial charge is 0.234 e. The van der Waals surface area contributed by atoms with Gasteiger partial charge in [0, 0.05) is 5.69 Å². The molecule has 1 unspecified atom stereocenters. The van der Waals surface area contributed by atoms with Gasteiger partial charge in [0.15, 0.2) is 0 Å². The maximum absolute atomic E-state index is 12.3. The fraction of sp³-hybridized carbons (Fsp3) is 0.278. The average Bonchev–Trinajstić information content (AvgIpc) is 2.72. The van der Waals surface area contributed by atoms with Crippen molar-refractivity contribution in [2.75, 3.05) is 5.32 Å². The first-order valence-corrected chi connectivity index (χ1v) is 7.15. The minimum atomic E-state index is -0.384. The summed E-state index contributed by atoms with van der Waals surface area (Å²) in [5.74, 6) is 0.131. The van der Waals surface area contributed by atoms with E-state index in [2.05, 4.69) is 42.6 Å². The Hall–Kier alpha value is -2.09. The van der Waals surface area contributed by atoms with E-state index in [1.807, 2.05) is 24.3 Å². The van der Waals surface area contributed by atoms with Crippen molar-refractivity contribution in [1.29, 1.82) is 0 Å². The highest BCUT2D eigenvalue weighted by molar-refractivity contribution is 6.05. The standard InChI is InChI=1S/C18H19NO/c1-18(13-7-10-14-8-3-2-4-9-14)15-11-5-6-12-16(15)19-17(18)20/h2-6,8-9,11-12H,7,10,13H2,1H3,(H,19,20). The van der Waals surface area contributed by atoms with Gasteiger partial charge in [0.25, 0.3) is 0 Å². The molecule has 0 fully saturated rings. The minimum Gasteiger partial charge on any atom is -0.325 e. The van der Waals surface area contributed by atoms with Gasteiger partial charge in [0.1, 0.15) is 0 Å². The van der Waals surface area contributed by atoms with Crippen LogP contribution in [0.1, 0.15) is 30.9 Å². The number of carbonyl (C=O) groups is 1. The number of benzene rings is 2. The Labute approximate surface area is 119 Å². The van der Waals surface area contributed by atoms with Crippen molar-refractivity contribution in [3.8, 4) is 0 Å². The Balaban J connectivity index is 1.72. The zero-order valence-corrected chi connectivity index (χ0v) is 11.7. The topological polar surface area (TPSA) is 29.1 Å². The molecule has 2 heteroatoms. The van der Waals surface area contributed by atoms with Gasteiger partial charge >= 0.3 is 0 Å². The average molecular weight is 265 g/mol. The van der Waals surface area contributed by atoms with E-state index >= 15 is 0 Å². The Morgan fingerprint density at radius 3 is 2.50 bits per heavy atom. The number of rotatable bonds is 4. The van der Waals surface area contributed by atoms with Gasteiger partial charge in [0.2, 0.25) is 5.91 Å². The lowest BCUT2D eigenvalue weighted by atomic mass is 9.79. The fourth-order valence-electron chi connectivity index (χ4n) is 2.99. The lowest BCUT2D eigenvalue weighted by molar-refractivity contribution is -0.120. The van der Waals surface area contributed by atoms with Gasteiger partial charge in [-0.15, -0.1) is 0 Å². The molecule has 0 radical (unpaired) electrons. The molecule has 0 aromatic heterocycles. The molecule has 1 aliphatic rings. The van der Waals surface area contributed by atoms with Crippen LogP contribution in [0, 0.1) is 0 Å². The van der Waals surface area contributed by atoms with Crippen LogP contribution in [0.3, 0.4) is 0 Å². The van der Waals surface area contributed by atoms with Gasteiger partial charge in [-0.3, -0.25) is 4.79 Å². The number of carbonyl (C=O) groups excluding carboxylic acids is 1. The maximum Gasteiger partial charge on any atom is 0.234 e. The van der Waals surface area contributed by atoms with Crippen LogP contribution in [0.15, 0.2) is 54.6 Å². The van der Waals surface area contributed by atoms with E-state index in [0.717, 1.165) is 30.5 Å². The van der Waals surface area contributed by atoms with E-state index in [1.54, 1.807) is 0 Å². The molecule has 2 aromatic carbocycles. The van der Waals surface area contributed by atoms with Crippen LogP contribution in [0.25, 0.3) is 0 Å². The normalized spacial score (nSPS) is 20.6. The summed E-state index contributed by atoms with van der Waals surface area (Å²) in [6.45, 7) is 2.05. The van der Waals surface area contributed by atoms with Gasteiger partial charge < -0.3 is 5.32 Å².